The summed E-state index contributed by atoms with van der Waals surface area (Å²) in [6.45, 7) is -0.695. The van der Waals surface area contributed by atoms with E-state index in [9.17, 15) is 14.7 Å². The molecule has 1 amide bonds. The summed E-state index contributed by atoms with van der Waals surface area (Å²) in [6, 6.07) is 1.95. The molecule has 1 aliphatic rings. The summed E-state index contributed by atoms with van der Waals surface area (Å²) >= 11 is 0.966. The molecule has 0 saturated carbocycles. The number of carbonyl (C=O) groups is 2. The quantitative estimate of drug-likeness (QED) is 0.680. The van der Waals surface area contributed by atoms with Gasteiger partial charge in [0.2, 0.25) is 0 Å². The molecular formula is C11H9N2O5S-. The van der Waals surface area contributed by atoms with Crippen molar-refractivity contribution in [3.63, 3.8) is 0 Å². The Balaban J connectivity index is 2.15. The van der Waals surface area contributed by atoms with Gasteiger partial charge in [0.05, 0.1) is 23.7 Å². The lowest BCUT2D eigenvalue weighted by atomic mass is 10.3. The molecule has 1 saturated heterocycles. The number of carboxylic acid groups (broad SMARTS) is 1. The standard InChI is InChI=1S/C11H10N2O5S/c14-5-7(10(16)17)12-11-13-9(15)8(19-11)4-6-2-1-3-18-6/h1-4,7,14H,5H2,(H,16,17)(H,12,13,15)/p-1/b8-4-/t7-/m0/s1. The lowest BCUT2D eigenvalue weighted by Gasteiger charge is -2.10. The fourth-order valence-electron chi connectivity index (χ4n) is 1.30. The van der Waals surface area contributed by atoms with Crippen LogP contribution in [-0.2, 0) is 9.59 Å². The van der Waals surface area contributed by atoms with E-state index in [2.05, 4.69) is 10.3 Å². The monoisotopic (exact) mass is 281 g/mol. The first-order valence-corrected chi connectivity index (χ1v) is 6.05. The van der Waals surface area contributed by atoms with Gasteiger partial charge in [-0.1, -0.05) is 0 Å². The van der Waals surface area contributed by atoms with Crippen LogP contribution in [0.5, 0.6) is 0 Å². The van der Waals surface area contributed by atoms with E-state index >= 15 is 0 Å². The number of hydrogen-bond donors (Lipinski definition) is 2. The van der Waals surface area contributed by atoms with Crippen LogP contribution in [0.4, 0.5) is 0 Å². The zero-order valence-corrected chi connectivity index (χ0v) is 10.3. The lowest BCUT2D eigenvalue weighted by Crippen LogP contribution is -2.38. The maximum Gasteiger partial charge on any atom is 0.264 e. The summed E-state index contributed by atoms with van der Waals surface area (Å²) in [5.41, 5.74) is 0. The van der Waals surface area contributed by atoms with Crippen molar-refractivity contribution in [2.75, 3.05) is 6.61 Å². The van der Waals surface area contributed by atoms with Gasteiger partial charge in [-0.05, 0) is 23.9 Å². The van der Waals surface area contributed by atoms with E-state index < -0.39 is 24.5 Å². The Labute approximate surface area is 112 Å². The number of amides is 1. The average Bonchev–Trinajstić information content (AvgIpc) is 2.97. The summed E-state index contributed by atoms with van der Waals surface area (Å²) in [4.78, 5) is 26.2. The van der Waals surface area contributed by atoms with Gasteiger partial charge in [-0.15, -0.1) is 0 Å². The Morgan fingerprint density at radius 2 is 2.47 bits per heavy atom. The van der Waals surface area contributed by atoms with Gasteiger partial charge >= 0.3 is 0 Å². The van der Waals surface area contributed by atoms with E-state index in [1.54, 1.807) is 12.1 Å². The second-order valence-electron chi connectivity index (χ2n) is 3.53. The third-order valence-corrected chi connectivity index (χ3v) is 3.11. The van der Waals surface area contributed by atoms with Gasteiger partial charge in [-0.2, -0.15) is 0 Å². The molecule has 0 unspecified atom stereocenters. The van der Waals surface area contributed by atoms with Crippen LogP contribution >= 0.6 is 11.8 Å². The highest BCUT2D eigenvalue weighted by atomic mass is 32.2. The molecule has 8 heteroatoms. The number of nitrogens with one attached hydrogen (secondary N) is 1. The van der Waals surface area contributed by atoms with E-state index in [4.69, 9.17) is 9.52 Å². The van der Waals surface area contributed by atoms with Crippen LogP contribution in [0, 0.1) is 0 Å². The SMILES string of the molecule is O=C1NC(=N[C@@H](CO)C(=O)[O-])S/C1=C\c1ccco1. The first kappa shape index (κ1) is 13.4. The van der Waals surface area contributed by atoms with Crippen molar-refractivity contribution in [3.05, 3.63) is 29.1 Å². The minimum absolute atomic E-state index is 0.103. The highest BCUT2D eigenvalue weighted by Gasteiger charge is 2.25. The maximum atomic E-state index is 11.6. The molecule has 2 rings (SSSR count). The molecule has 19 heavy (non-hydrogen) atoms. The summed E-state index contributed by atoms with van der Waals surface area (Å²) in [7, 11) is 0. The van der Waals surface area contributed by atoms with Crippen LogP contribution in [0.25, 0.3) is 6.08 Å². The summed E-state index contributed by atoms with van der Waals surface area (Å²) in [5, 5.41) is 21.9. The topological polar surface area (TPSA) is 115 Å². The third-order valence-electron chi connectivity index (χ3n) is 2.19. The molecular weight excluding hydrogens is 272 g/mol. The number of carboxylic acids is 1. The van der Waals surface area contributed by atoms with Crippen LogP contribution in [0.2, 0.25) is 0 Å². The van der Waals surface area contributed by atoms with Crippen LogP contribution in [0.3, 0.4) is 0 Å². The largest absolute Gasteiger partial charge is 0.548 e. The second-order valence-corrected chi connectivity index (χ2v) is 4.56. The van der Waals surface area contributed by atoms with Gasteiger partial charge in [0.15, 0.2) is 5.17 Å². The van der Waals surface area contributed by atoms with Crippen molar-refractivity contribution in [1.29, 1.82) is 0 Å². The van der Waals surface area contributed by atoms with Crippen molar-refractivity contribution in [1.82, 2.24) is 5.32 Å². The predicted molar refractivity (Wildman–Crippen MR) is 65.7 cm³/mol. The maximum absolute atomic E-state index is 11.6. The fraction of sp³-hybridized carbons (Fsp3) is 0.182. The van der Waals surface area contributed by atoms with Gasteiger partial charge < -0.3 is 24.7 Å². The first-order chi connectivity index (χ1) is 9.10. The van der Waals surface area contributed by atoms with Crippen LogP contribution in [0.15, 0.2) is 32.7 Å². The van der Waals surface area contributed by atoms with Gasteiger partial charge in [0, 0.05) is 6.08 Å². The Bertz CT molecular complexity index is 549. The fourth-order valence-corrected chi connectivity index (χ4v) is 2.15. The number of hydrogen-bond acceptors (Lipinski definition) is 7. The number of amidine groups is 1. The molecule has 100 valence electrons. The molecule has 0 radical (unpaired) electrons. The Hall–Kier alpha value is -2.06. The minimum Gasteiger partial charge on any atom is -0.548 e. The van der Waals surface area contributed by atoms with Gasteiger partial charge in [-0.25, -0.2) is 0 Å². The van der Waals surface area contributed by atoms with Crippen molar-refractivity contribution in [2.45, 2.75) is 6.04 Å². The number of thioether (sulfide) groups is 1. The normalized spacial score (nSPS) is 20.8. The predicted octanol–water partition coefficient (Wildman–Crippen LogP) is -1.05. The van der Waals surface area contributed by atoms with Gasteiger partial charge in [-0.3, -0.25) is 9.79 Å². The molecule has 1 aromatic rings. The van der Waals surface area contributed by atoms with E-state index in [0.717, 1.165) is 11.8 Å². The molecule has 2 heterocycles. The van der Waals surface area contributed by atoms with Gasteiger partial charge in [0.1, 0.15) is 11.8 Å². The minimum atomic E-state index is -1.51. The Morgan fingerprint density at radius 1 is 1.68 bits per heavy atom. The van der Waals surface area contributed by atoms with Crippen molar-refractivity contribution in [3.8, 4) is 0 Å². The molecule has 1 aromatic heterocycles. The summed E-state index contributed by atoms with van der Waals surface area (Å²) < 4.78 is 5.07. The van der Waals surface area contributed by atoms with E-state index in [-0.39, 0.29) is 5.17 Å². The second kappa shape index (κ2) is 5.72. The number of aliphatic carboxylic acids is 1. The summed E-state index contributed by atoms with van der Waals surface area (Å²) in [5.74, 6) is -1.42. The van der Waals surface area contributed by atoms with E-state index in [0.29, 0.717) is 10.7 Å². The number of aliphatic hydroxyl groups excluding tert-OH is 1. The Morgan fingerprint density at radius 3 is 3.05 bits per heavy atom. The molecule has 0 aliphatic carbocycles. The van der Waals surface area contributed by atoms with Gasteiger partial charge in [0.25, 0.3) is 5.91 Å². The number of nitrogens with zero attached hydrogens (tertiary/aromatic N) is 1. The van der Waals surface area contributed by atoms with Crippen LogP contribution < -0.4 is 10.4 Å². The molecule has 0 aromatic carbocycles. The number of furan rings is 1. The van der Waals surface area contributed by atoms with Crippen molar-refractivity contribution in [2.24, 2.45) is 4.99 Å². The molecule has 0 spiro atoms. The van der Waals surface area contributed by atoms with Crippen molar-refractivity contribution < 1.29 is 24.2 Å². The molecule has 1 fully saturated rings. The highest BCUT2D eigenvalue weighted by molar-refractivity contribution is 8.18. The molecule has 0 bridgehead atoms. The molecule has 2 N–H and O–H groups in total. The number of rotatable bonds is 4. The van der Waals surface area contributed by atoms with E-state index in [1.165, 1.54) is 12.3 Å². The zero-order chi connectivity index (χ0) is 13.8. The summed E-state index contributed by atoms with van der Waals surface area (Å²) in [6.07, 6.45) is 2.98. The smallest absolute Gasteiger partial charge is 0.264 e. The number of aliphatic imine (C=N–C) groups is 1. The number of carbonyl (C=O) groups excluding carboxylic acids is 2. The van der Waals surface area contributed by atoms with Crippen LogP contribution in [0.1, 0.15) is 5.76 Å². The van der Waals surface area contributed by atoms with E-state index in [1.807, 2.05) is 0 Å². The lowest BCUT2D eigenvalue weighted by molar-refractivity contribution is -0.308. The zero-order valence-electron chi connectivity index (χ0n) is 9.53. The Kier molecular flexibility index (Phi) is 4.03. The highest BCUT2D eigenvalue weighted by Crippen LogP contribution is 2.26. The molecule has 1 atom stereocenters. The average molecular weight is 281 g/mol. The number of aliphatic hydroxyl groups is 1. The van der Waals surface area contributed by atoms with Crippen molar-refractivity contribution >= 4 is 34.9 Å². The molecule has 1 aliphatic heterocycles. The first-order valence-electron chi connectivity index (χ1n) is 5.24. The van der Waals surface area contributed by atoms with Crippen LogP contribution in [-0.4, -0.2) is 34.8 Å². The third kappa shape index (κ3) is 3.24. The molecule has 7 nitrogen and oxygen atoms in total.